The van der Waals surface area contributed by atoms with Gasteiger partial charge in [0, 0.05) is 43.7 Å². The summed E-state index contributed by atoms with van der Waals surface area (Å²) in [6.07, 6.45) is 11.1. The van der Waals surface area contributed by atoms with Crippen LogP contribution in [-0.2, 0) is 5.41 Å². The third-order valence-electron chi connectivity index (χ3n) is 7.99. The number of nitrogens with one attached hydrogen (secondary N) is 2. The summed E-state index contributed by atoms with van der Waals surface area (Å²) in [6, 6.07) is 13.6. The van der Waals surface area contributed by atoms with Crippen molar-refractivity contribution in [2.45, 2.75) is 76.2 Å². The van der Waals surface area contributed by atoms with Crippen LogP contribution >= 0.6 is 12.2 Å². The van der Waals surface area contributed by atoms with Gasteiger partial charge in [-0.15, -0.1) is 0 Å². The van der Waals surface area contributed by atoms with Crippen molar-refractivity contribution in [1.82, 2.24) is 15.3 Å². The first-order chi connectivity index (χ1) is 16.6. The van der Waals surface area contributed by atoms with Gasteiger partial charge in [-0.3, -0.25) is 0 Å². The van der Waals surface area contributed by atoms with Crippen LogP contribution in [0.15, 0.2) is 36.4 Å². The first-order valence-electron chi connectivity index (χ1n) is 13.1. The lowest BCUT2D eigenvalue weighted by atomic mass is 9.79. The summed E-state index contributed by atoms with van der Waals surface area (Å²) in [5, 5.41) is 7.47. The SMILES string of the molecule is C[C@H]1CCCCN1c1cc(N2CCCC2)nc(NC(=S)NCC2(c3ccccc3)CCCC2)n1. The summed E-state index contributed by atoms with van der Waals surface area (Å²) in [5.41, 5.74) is 1.57. The number of piperidine rings is 1. The minimum atomic E-state index is 0.152. The second-order valence-corrected chi connectivity index (χ2v) is 10.7. The number of hydrogen-bond donors (Lipinski definition) is 2. The van der Waals surface area contributed by atoms with Gasteiger partial charge in [0.05, 0.1) is 0 Å². The number of hydrogen-bond acceptors (Lipinski definition) is 5. The van der Waals surface area contributed by atoms with Crippen molar-refractivity contribution in [2.24, 2.45) is 0 Å². The molecule has 182 valence electrons. The fourth-order valence-corrected chi connectivity index (χ4v) is 6.14. The molecule has 2 saturated heterocycles. The largest absolute Gasteiger partial charge is 0.361 e. The van der Waals surface area contributed by atoms with Crippen LogP contribution in [0.25, 0.3) is 0 Å². The lowest BCUT2D eigenvalue weighted by molar-refractivity contribution is 0.435. The fourth-order valence-electron chi connectivity index (χ4n) is 5.98. The summed E-state index contributed by atoms with van der Waals surface area (Å²) >= 11 is 5.74. The maximum atomic E-state index is 5.74. The molecule has 0 radical (unpaired) electrons. The van der Waals surface area contributed by atoms with Gasteiger partial charge in [-0.25, -0.2) is 0 Å². The van der Waals surface area contributed by atoms with Crippen molar-refractivity contribution in [3.8, 4) is 0 Å². The summed E-state index contributed by atoms with van der Waals surface area (Å²) in [6.45, 7) is 6.33. The summed E-state index contributed by atoms with van der Waals surface area (Å²) in [7, 11) is 0. The average molecular weight is 479 g/mol. The summed E-state index contributed by atoms with van der Waals surface area (Å²) < 4.78 is 0. The lowest BCUT2D eigenvalue weighted by Crippen LogP contribution is -2.41. The lowest BCUT2D eigenvalue weighted by Gasteiger charge is -2.35. The molecule has 0 amide bonds. The summed E-state index contributed by atoms with van der Waals surface area (Å²) in [5.74, 6) is 2.64. The molecule has 0 unspecified atom stereocenters. The van der Waals surface area contributed by atoms with Gasteiger partial charge in [0.15, 0.2) is 5.11 Å². The van der Waals surface area contributed by atoms with Gasteiger partial charge in [-0.2, -0.15) is 9.97 Å². The molecule has 34 heavy (non-hydrogen) atoms. The first kappa shape index (κ1) is 23.3. The fraction of sp³-hybridized carbons (Fsp3) is 0.593. The molecule has 0 spiro atoms. The first-order valence-corrected chi connectivity index (χ1v) is 13.5. The standard InChI is InChI=1S/C27H38N6S/c1-21-11-5-8-18-33(21)24-19-23(32-16-9-10-17-32)29-25(30-24)31-26(34)28-20-27(14-6-7-15-27)22-12-3-2-4-13-22/h2-4,12-13,19,21H,5-11,14-18,20H2,1H3,(H2,28,29,30,31,34)/t21-/m0/s1. The zero-order valence-electron chi connectivity index (χ0n) is 20.4. The Morgan fingerprint density at radius 1 is 0.971 bits per heavy atom. The number of benzene rings is 1. The Kier molecular flexibility index (Phi) is 7.18. The molecular formula is C27H38N6S. The highest BCUT2D eigenvalue weighted by Crippen LogP contribution is 2.40. The smallest absolute Gasteiger partial charge is 0.232 e. The zero-order chi connectivity index (χ0) is 23.4. The van der Waals surface area contributed by atoms with Crippen LogP contribution in [0.4, 0.5) is 17.6 Å². The number of rotatable bonds is 6. The number of thiocarbonyl (C=S) groups is 1. The highest BCUT2D eigenvalue weighted by Gasteiger charge is 2.35. The molecule has 1 atom stereocenters. The zero-order valence-corrected chi connectivity index (χ0v) is 21.2. The number of anilines is 3. The van der Waals surface area contributed by atoms with Gasteiger partial charge in [0.2, 0.25) is 5.95 Å². The van der Waals surface area contributed by atoms with Crippen molar-refractivity contribution in [1.29, 1.82) is 0 Å². The molecule has 3 heterocycles. The Morgan fingerprint density at radius 2 is 1.68 bits per heavy atom. The Balaban J connectivity index is 1.32. The van der Waals surface area contributed by atoms with E-state index in [4.69, 9.17) is 22.2 Å². The van der Waals surface area contributed by atoms with Crippen LogP contribution in [0.5, 0.6) is 0 Å². The monoisotopic (exact) mass is 478 g/mol. The molecule has 6 nitrogen and oxygen atoms in total. The van der Waals surface area contributed by atoms with Gasteiger partial charge in [0.25, 0.3) is 0 Å². The minimum Gasteiger partial charge on any atom is -0.361 e. The van der Waals surface area contributed by atoms with E-state index in [2.05, 4.69) is 63.8 Å². The normalized spacial score (nSPS) is 22.1. The van der Waals surface area contributed by atoms with Crippen LogP contribution in [0, 0.1) is 0 Å². The van der Waals surface area contributed by atoms with Gasteiger partial charge in [-0.05, 0) is 69.7 Å². The van der Waals surface area contributed by atoms with Gasteiger partial charge in [0.1, 0.15) is 11.6 Å². The molecule has 0 bridgehead atoms. The molecule has 2 N–H and O–H groups in total. The molecule has 7 heteroatoms. The van der Waals surface area contributed by atoms with Crippen molar-refractivity contribution in [2.75, 3.05) is 41.3 Å². The van der Waals surface area contributed by atoms with E-state index in [0.717, 1.165) is 37.8 Å². The number of nitrogens with zero attached hydrogens (tertiary/aromatic N) is 4. The summed E-state index contributed by atoms with van der Waals surface area (Å²) in [4.78, 5) is 14.6. The number of aromatic nitrogens is 2. The highest BCUT2D eigenvalue weighted by atomic mass is 32.1. The van der Waals surface area contributed by atoms with Crippen LogP contribution < -0.4 is 20.4 Å². The van der Waals surface area contributed by atoms with Crippen LogP contribution in [-0.4, -0.2) is 47.3 Å². The molecule has 5 rings (SSSR count). The average Bonchev–Trinajstić information content (AvgIpc) is 3.57. The minimum absolute atomic E-state index is 0.152. The molecule has 1 aliphatic carbocycles. The van der Waals surface area contributed by atoms with Crippen molar-refractivity contribution < 1.29 is 0 Å². The van der Waals surface area contributed by atoms with Crippen molar-refractivity contribution >= 4 is 34.9 Å². The van der Waals surface area contributed by atoms with Crippen molar-refractivity contribution in [3.63, 3.8) is 0 Å². The van der Waals surface area contributed by atoms with E-state index >= 15 is 0 Å². The van der Waals surface area contributed by atoms with Gasteiger partial charge < -0.3 is 20.4 Å². The Morgan fingerprint density at radius 3 is 2.41 bits per heavy atom. The van der Waals surface area contributed by atoms with Gasteiger partial charge in [-0.1, -0.05) is 43.2 Å². The maximum Gasteiger partial charge on any atom is 0.232 e. The van der Waals surface area contributed by atoms with Crippen LogP contribution in [0.3, 0.4) is 0 Å². The van der Waals surface area contributed by atoms with E-state index in [1.807, 2.05) is 0 Å². The van der Waals surface area contributed by atoms with E-state index in [1.54, 1.807) is 0 Å². The third-order valence-corrected chi connectivity index (χ3v) is 8.23. The molecule has 3 aliphatic rings. The second-order valence-electron chi connectivity index (χ2n) is 10.3. The molecule has 2 aliphatic heterocycles. The Bertz CT molecular complexity index is 968. The van der Waals surface area contributed by atoms with Gasteiger partial charge >= 0.3 is 0 Å². The molecule has 2 aromatic rings. The van der Waals surface area contributed by atoms with E-state index in [-0.39, 0.29) is 5.41 Å². The van der Waals surface area contributed by atoms with Crippen LogP contribution in [0.1, 0.15) is 70.3 Å². The van der Waals surface area contributed by atoms with Crippen LogP contribution in [0.2, 0.25) is 0 Å². The molecule has 1 aromatic heterocycles. The second kappa shape index (κ2) is 10.5. The highest BCUT2D eigenvalue weighted by molar-refractivity contribution is 7.80. The topological polar surface area (TPSA) is 56.3 Å². The third kappa shape index (κ3) is 5.14. The predicted molar refractivity (Wildman–Crippen MR) is 145 cm³/mol. The molecule has 1 aromatic carbocycles. The van der Waals surface area contributed by atoms with E-state index in [9.17, 15) is 0 Å². The van der Waals surface area contributed by atoms with E-state index in [1.165, 1.54) is 63.4 Å². The Labute approximate surface area is 209 Å². The molecular weight excluding hydrogens is 440 g/mol. The molecule has 3 fully saturated rings. The quantitative estimate of drug-likeness (QED) is 0.550. The van der Waals surface area contributed by atoms with Crippen molar-refractivity contribution in [3.05, 3.63) is 42.0 Å². The Hall–Kier alpha value is -2.41. The molecule has 1 saturated carbocycles. The van der Waals surface area contributed by atoms with E-state index < -0.39 is 0 Å². The maximum absolute atomic E-state index is 5.74. The van der Waals surface area contributed by atoms with E-state index in [0.29, 0.717) is 17.1 Å². The predicted octanol–water partition coefficient (Wildman–Crippen LogP) is 5.25.